The Kier molecular flexibility index (Phi) is 6.68. The first-order chi connectivity index (χ1) is 14.0. The number of nitrogens with zero attached hydrogens (tertiary/aromatic N) is 1. The van der Waals surface area contributed by atoms with E-state index in [4.69, 9.17) is 9.47 Å². The van der Waals surface area contributed by atoms with Crippen molar-refractivity contribution in [1.29, 1.82) is 0 Å². The molecule has 0 fully saturated rings. The molecule has 0 N–H and O–H groups in total. The van der Waals surface area contributed by atoms with Gasteiger partial charge in [-0.05, 0) is 54.4 Å². The molecule has 0 amide bonds. The van der Waals surface area contributed by atoms with E-state index >= 15 is 0 Å². The molecule has 3 rings (SSSR count). The van der Waals surface area contributed by atoms with Crippen LogP contribution < -0.4 is 4.74 Å². The van der Waals surface area contributed by atoms with Gasteiger partial charge in [0, 0.05) is 12.6 Å². The predicted molar refractivity (Wildman–Crippen MR) is 105 cm³/mol. The lowest BCUT2D eigenvalue weighted by Gasteiger charge is -2.08. The molecule has 0 saturated heterocycles. The van der Waals surface area contributed by atoms with Crippen molar-refractivity contribution in [3.8, 4) is 5.75 Å². The molecule has 1 heterocycles. The van der Waals surface area contributed by atoms with Crippen LogP contribution in [0.1, 0.15) is 38.9 Å². The summed E-state index contributed by atoms with van der Waals surface area (Å²) in [7, 11) is 0. The molecule has 0 unspecified atom stereocenters. The maximum absolute atomic E-state index is 13.0. The third kappa shape index (κ3) is 5.72. The molecular formula is C23H20FNO4. The van der Waals surface area contributed by atoms with Gasteiger partial charge in [0.15, 0.2) is 5.78 Å². The summed E-state index contributed by atoms with van der Waals surface area (Å²) in [5, 5.41) is 0. The molecule has 29 heavy (non-hydrogen) atoms. The number of ether oxygens (including phenoxy) is 2. The van der Waals surface area contributed by atoms with Crippen molar-refractivity contribution in [2.24, 2.45) is 0 Å². The van der Waals surface area contributed by atoms with E-state index in [-0.39, 0.29) is 30.3 Å². The number of esters is 1. The molecule has 0 spiro atoms. The Morgan fingerprint density at radius 3 is 2.55 bits per heavy atom. The van der Waals surface area contributed by atoms with Gasteiger partial charge in [-0.3, -0.25) is 9.78 Å². The highest BCUT2D eigenvalue weighted by atomic mass is 19.1. The van der Waals surface area contributed by atoms with Crippen molar-refractivity contribution >= 4 is 11.8 Å². The summed E-state index contributed by atoms with van der Waals surface area (Å²) in [6, 6.07) is 16.2. The first kappa shape index (κ1) is 20.2. The van der Waals surface area contributed by atoms with Gasteiger partial charge in [-0.2, -0.15) is 0 Å². The largest absolute Gasteiger partial charge is 0.489 e. The van der Waals surface area contributed by atoms with E-state index in [9.17, 15) is 14.0 Å². The number of hydrogen-bond acceptors (Lipinski definition) is 5. The Morgan fingerprint density at radius 2 is 1.79 bits per heavy atom. The van der Waals surface area contributed by atoms with E-state index in [1.165, 1.54) is 30.5 Å². The fraction of sp³-hybridized carbons (Fsp3) is 0.174. The minimum Gasteiger partial charge on any atom is -0.489 e. The van der Waals surface area contributed by atoms with Crippen molar-refractivity contribution in [3.63, 3.8) is 0 Å². The van der Waals surface area contributed by atoms with Gasteiger partial charge in [0.05, 0.1) is 12.2 Å². The van der Waals surface area contributed by atoms with Crippen molar-refractivity contribution in [1.82, 2.24) is 4.98 Å². The Labute approximate surface area is 168 Å². The van der Waals surface area contributed by atoms with Gasteiger partial charge < -0.3 is 9.47 Å². The molecule has 0 saturated carbocycles. The van der Waals surface area contributed by atoms with E-state index in [1.54, 1.807) is 37.3 Å². The first-order valence-electron chi connectivity index (χ1n) is 9.17. The molecule has 2 aromatic carbocycles. The summed E-state index contributed by atoms with van der Waals surface area (Å²) in [5.74, 6) is -0.394. The standard InChI is InChI=1S/C23H20FNO4/c1-2-28-23(27)18-10-11-25-21(14-18)22(26)13-17-4-3-5-20(12-17)29-15-16-6-8-19(24)9-7-16/h3-12,14H,2,13,15H2,1H3. The number of benzene rings is 2. The van der Waals surface area contributed by atoms with E-state index in [0.29, 0.717) is 17.9 Å². The van der Waals surface area contributed by atoms with Gasteiger partial charge in [0.1, 0.15) is 23.9 Å². The summed E-state index contributed by atoms with van der Waals surface area (Å²) in [6.07, 6.45) is 1.54. The average Bonchev–Trinajstić information content (AvgIpc) is 2.74. The van der Waals surface area contributed by atoms with Crippen molar-refractivity contribution in [2.75, 3.05) is 6.61 Å². The zero-order chi connectivity index (χ0) is 20.6. The van der Waals surface area contributed by atoms with Gasteiger partial charge in [-0.1, -0.05) is 24.3 Å². The molecular weight excluding hydrogens is 373 g/mol. The number of carbonyl (C=O) groups excluding carboxylic acids is 2. The van der Waals surface area contributed by atoms with Crippen LogP contribution in [0.2, 0.25) is 0 Å². The molecule has 1 aromatic heterocycles. The SMILES string of the molecule is CCOC(=O)c1ccnc(C(=O)Cc2cccc(OCc3ccc(F)cc3)c2)c1. The number of halogens is 1. The van der Waals surface area contributed by atoms with Gasteiger partial charge in [-0.15, -0.1) is 0 Å². The molecule has 6 heteroatoms. The van der Waals surface area contributed by atoms with Crippen molar-refractivity contribution < 1.29 is 23.5 Å². The minimum absolute atomic E-state index is 0.118. The fourth-order valence-electron chi connectivity index (χ4n) is 2.69. The molecule has 0 aliphatic rings. The van der Waals surface area contributed by atoms with Crippen LogP contribution in [0.5, 0.6) is 5.75 Å². The van der Waals surface area contributed by atoms with Crippen molar-refractivity contribution in [3.05, 3.63) is 95.1 Å². The number of Topliss-reactive ketones (excluding diaryl/α,β-unsaturated/α-hetero) is 1. The van der Waals surface area contributed by atoms with E-state index in [1.807, 2.05) is 6.07 Å². The number of rotatable bonds is 8. The third-order valence-corrected chi connectivity index (χ3v) is 4.14. The second kappa shape index (κ2) is 9.59. The molecule has 0 aliphatic carbocycles. The number of aromatic nitrogens is 1. The number of pyridine rings is 1. The lowest BCUT2D eigenvalue weighted by atomic mass is 10.1. The fourth-order valence-corrected chi connectivity index (χ4v) is 2.69. The van der Waals surface area contributed by atoms with E-state index in [0.717, 1.165) is 11.1 Å². The van der Waals surface area contributed by atoms with Crippen LogP contribution >= 0.6 is 0 Å². The molecule has 5 nitrogen and oxygen atoms in total. The highest BCUT2D eigenvalue weighted by Gasteiger charge is 2.13. The highest BCUT2D eigenvalue weighted by Crippen LogP contribution is 2.17. The lowest BCUT2D eigenvalue weighted by molar-refractivity contribution is 0.0526. The Morgan fingerprint density at radius 1 is 1.00 bits per heavy atom. The van der Waals surface area contributed by atoms with Gasteiger partial charge in [0.25, 0.3) is 0 Å². The summed E-state index contributed by atoms with van der Waals surface area (Å²) in [6.45, 7) is 2.27. The maximum atomic E-state index is 13.0. The van der Waals surface area contributed by atoms with Gasteiger partial charge in [0.2, 0.25) is 0 Å². The quantitative estimate of drug-likeness (QED) is 0.419. The smallest absolute Gasteiger partial charge is 0.338 e. The minimum atomic E-state index is -0.486. The third-order valence-electron chi connectivity index (χ3n) is 4.14. The summed E-state index contributed by atoms with van der Waals surface area (Å²) in [4.78, 5) is 28.5. The Bertz CT molecular complexity index is 1000. The highest BCUT2D eigenvalue weighted by molar-refractivity contribution is 5.98. The Hall–Kier alpha value is -3.54. The number of carbonyl (C=O) groups is 2. The van der Waals surface area contributed by atoms with E-state index < -0.39 is 5.97 Å². The zero-order valence-electron chi connectivity index (χ0n) is 15.9. The number of hydrogen-bond donors (Lipinski definition) is 0. The van der Waals surface area contributed by atoms with Crippen LogP contribution in [0.25, 0.3) is 0 Å². The maximum Gasteiger partial charge on any atom is 0.338 e. The number of ketones is 1. The topological polar surface area (TPSA) is 65.5 Å². The van der Waals surface area contributed by atoms with Gasteiger partial charge >= 0.3 is 5.97 Å². The van der Waals surface area contributed by atoms with Crippen LogP contribution in [0, 0.1) is 5.82 Å². The predicted octanol–water partition coefficient (Wildman–Crippen LogP) is 4.40. The molecule has 0 bridgehead atoms. The monoisotopic (exact) mass is 393 g/mol. The van der Waals surface area contributed by atoms with Crippen LogP contribution in [-0.2, 0) is 17.8 Å². The van der Waals surface area contributed by atoms with Gasteiger partial charge in [-0.25, -0.2) is 9.18 Å². The van der Waals surface area contributed by atoms with Crippen molar-refractivity contribution in [2.45, 2.75) is 20.0 Å². The Balaban J connectivity index is 1.65. The molecule has 3 aromatic rings. The molecule has 0 aliphatic heterocycles. The molecule has 148 valence electrons. The molecule has 0 atom stereocenters. The summed E-state index contributed by atoms with van der Waals surface area (Å²) >= 11 is 0. The summed E-state index contributed by atoms with van der Waals surface area (Å²) < 4.78 is 23.6. The van der Waals surface area contributed by atoms with Crippen LogP contribution in [0.3, 0.4) is 0 Å². The van der Waals surface area contributed by atoms with E-state index in [2.05, 4.69) is 4.98 Å². The summed E-state index contributed by atoms with van der Waals surface area (Å²) in [5.41, 5.74) is 2.09. The normalized spacial score (nSPS) is 10.4. The molecule has 0 radical (unpaired) electrons. The first-order valence-corrected chi connectivity index (χ1v) is 9.17. The van der Waals surface area contributed by atoms with Crippen LogP contribution in [0.4, 0.5) is 4.39 Å². The van der Waals surface area contributed by atoms with Crippen LogP contribution in [0.15, 0.2) is 66.9 Å². The second-order valence-electron chi connectivity index (χ2n) is 6.31. The van der Waals surface area contributed by atoms with Crippen LogP contribution in [-0.4, -0.2) is 23.3 Å². The lowest BCUT2D eigenvalue weighted by Crippen LogP contribution is -2.10. The average molecular weight is 393 g/mol. The zero-order valence-corrected chi connectivity index (χ0v) is 15.9. The second-order valence-corrected chi connectivity index (χ2v) is 6.31.